The van der Waals surface area contributed by atoms with E-state index in [1.165, 1.54) is 26.3 Å². The summed E-state index contributed by atoms with van der Waals surface area (Å²) in [6, 6.07) is 2.64. The van der Waals surface area contributed by atoms with Crippen LogP contribution in [0.3, 0.4) is 0 Å². The highest BCUT2D eigenvalue weighted by molar-refractivity contribution is 5.69. The van der Waals surface area contributed by atoms with E-state index in [0.29, 0.717) is 37.3 Å². The van der Waals surface area contributed by atoms with Crippen molar-refractivity contribution in [3.63, 3.8) is 0 Å². The lowest BCUT2D eigenvalue weighted by atomic mass is 10.0. The van der Waals surface area contributed by atoms with Crippen molar-refractivity contribution in [1.82, 2.24) is 19.2 Å². The van der Waals surface area contributed by atoms with Crippen molar-refractivity contribution in [2.45, 2.75) is 51.3 Å². The number of fused-ring (bicyclic) bond motifs is 1. The highest BCUT2D eigenvalue weighted by Crippen LogP contribution is 2.31. The molecule has 1 aromatic heterocycles. The maximum absolute atomic E-state index is 13.6. The van der Waals surface area contributed by atoms with Crippen molar-refractivity contribution < 1.29 is 18.3 Å². The zero-order valence-electron chi connectivity index (χ0n) is 16.0. The van der Waals surface area contributed by atoms with Crippen LogP contribution in [0.1, 0.15) is 50.7 Å². The van der Waals surface area contributed by atoms with Crippen molar-refractivity contribution in [2.24, 2.45) is 0 Å². The zero-order valence-corrected chi connectivity index (χ0v) is 16.0. The van der Waals surface area contributed by atoms with Crippen LogP contribution in [-0.2, 0) is 11.2 Å². The Kier molecular flexibility index (Phi) is 4.28. The minimum atomic E-state index is -0.670. The Morgan fingerprint density at radius 3 is 2.43 bits per heavy atom. The smallest absolute Gasteiger partial charge is 0.410 e. The number of hydrogen-bond donors (Lipinski definition) is 0. The van der Waals surface area contributed by atoms with Crippen LogP contribution in [0.5, 0.6) is 0 Å². The van der Waals surface area contributed by atoms with Gasteiger partial charge in [-0.3, -0.25) is 4.57 Å². The number of halogens is 2. The van der Waals surface area contributed by atoms with Gasteiger partial charge >= 0.3 is 11.8 Å². The predicted molar refractivity (Wildman–Crippen MR) is 96.1 cm³/mol. The summed E-state index contributed by atoms with van der Waals surface area (Å²) < 4.78 is 35.4. The van der Waals surface area contributed by atoms with E-state index in [1.807, 2.05) is 0 Å². The summed E-state index contributed by atoms with van der Waals surface area (Å²) in [5, 5.41) is 4.40. The molecule has 0 spiro atoms. The maximum atomic E-state index is 13.6. The average Bonchev–Trinajstić information content (AvgIpc) is 3.04. The average molecular weight is 392 g/mol. The maximum Gasteiger partial charge on any atom is 0.410 e. The van der Waals surface area contributed by atoms with Gasteiger partial charge in [0, 0.05) is 25.6 Å². The van der Waals surface area contributed by atoms with E-state index in [1.54, 1.807) is 20.8 Å². The molecule has 1 amide bonds. The van der Waals surface area contributed by atoms with Crippen LogP contribution in [0.15, 0.2) is 23.0 Å². The molecule has 9 heteroatoms. The Balaban J connectivity index is 1.53. The van der Waals surface area contributed by atoms with Gasteiger partial charge in [-0.2, -0.15) is 5.10 Å². The van der Waals surface area contributed by atoms with E-state index < -0.39 is 29.4 Å². The van der Waals surface area contributed by atoms with Gasteiger partial charge in [0.15, 0.2) is 0 Å². The van der Waals surface area contributed by atoms with E-state index in [0.717, 1.165) is 6.07 Å². The Hall–Kier alpha value is -2.71. The summed E-state index contributed by atoms with van der Waals surface area (Å²) in [6.45, 7) is 6.06. The molecule has 1 atom stereocenters. The van der Waals surface area contributed by atoms with E-state index >= 15 is 0 Å². The van der Waals surface area contributed by atoms with Crippen molar-refractivity contribution in [2.75, 3.05) is 13.1 Å². The molecular formula is C19H22F2N4O3. The highest BCUT2D eigenvalue weighted by atomic mass is 19.1. The largest absolute Gasteiger partial charge is 0.444 e. The molecule has 1 fully saturated rings. The molecule has 1 saturated heterocycles. The third-order valence-electron chi connectivity index (χ3n) is 4.99. The standard InChI is InChI=1S/C19H22F2N4O3/c1-19(2,3)28-18(27)23-9-14(10-23)25-17(26)24-15(4-5-16(24)22-25)11-6-12(20)8-13(21)7-11/h6-8,14-15H,4-5,9-10H2,1-3H3/t15-/m0/s1. The molecule has 1 aromatic carbocycles. The molecule has 0 radical (unpaired) electrons. The second-order valence-electron chi connectivity index (χ2n) is 8.31. The molecule has 150 valence electrons. The molecule has 7 nitrogen and oxygen atoms in total. The fourth-order valence-electron chi connectivity index (χ4n) is 3.72. The van der Waals surface area contributed by atoms with Gasteiger partial charge < -0.3 is 9.64 Å². The Morgan fingerprint density at radius 2 is 1.82 bits per heavy atom. The van der Waals surface area contributed by atoms with E-state index in [2.05, 4.69) is 5.10 Å². The first-order valence-electron chi connectivity index (χ1n) is 9.26. The molecule has 0 bridgehead atoms. The van der Waals surface area contributed by atoms with Gasteiger partial charge in [0.1, 0.15) is 23.1 Å². The fraction of sp³-hybridized carbons (Fsp3) is 0.526. The number of ether oxygens (including phenoxy) is 1. The van der Waals surface area contributed by atoms with Gasteiger partial charge in [-0.25, -0.2) is 23.1 Å². The highest BCUT2D eigenvalue weighted by Gasteiger charge is 2.39. The second kappa shape index (κ2) is 6.42. The topological polar surface area (TPSA) is 69.4 Å². The summed E-state index contributed by atoms with van der Waals surface area (Å²) in [7, 11) is 0. The third-order valence-corrected chi connectivity index (χ3v) is 4.99. The molecule has 4 rings (SSSR count). The van der Waals surface area contributed by atoms with Gasteiger partial charge in [-0.05, 0) is 44.9 Å². The summed E-state index contributed by atoms with van der Waals surface area (Å²) in [6.07, 6.45) is 0.695. The minimum absolute atomic E-state index is 0.233. The van der Waals surface area contributed by atoms with E-state index in [4.69, 9.17) is 4.74 Å². The summed E-state index contributed by atoms with van der Waals surface area (Å²) >= 11 is 0. The summed E-state index contributed by atoms with van der Waals surface area (Å²) in [4.78, 5) is 26.5. The van der Waals surface area contributed by atoms with Gasteiger partial charge in [0.2, 0.25) is 0 Å². The lowest BCUT2D eigenvalue weighted by Gasteiger charge is -2.39. The minimum Gasteiger partial charge on any atom is -0.444 e. The lowest BCUT2D eigenvalue weighted by Crippen LogP contribution is -2.54. The van der Waals surface area contributed by atoms with E-state index in [-0.39, 0.29) is 11.7 Å². The van der Waals surface area contributed by atoms with Crippen LogP contribution in [0.25, 0.3) is 0 Å². The van der Waals surface area contributed by atoms with Crippen molar-refractivity contribution in [1.29, 1.82) is 0 Å². The first-order chi connectivity index (χ1) is 13.1. The SMILES string of the molecule is CC(C)(C)OC(=O)N1CC(n2nc3n(c2=O)[C@H](c2cc(F)cc(F)c2)CC3)C1. The van der Waals surface area contributed by atoms with Crippen LogP contribution >= 0.6 is 0 Å². The second-order valence-corrected chi connectivity index (χ2v) is 8.31. The Morgan fingerprint density at radius 1 is 1.18 bits per heavy atom. The van der Waals surface area contributed by atoms with E-state index in [9.17, 15) is 18.4 Å². The lowest BCUT2D eigenvalue weighted by molar-refractivity contribution is -0.00101. The monoisotopic (exact) mass is 392 g/mol. The molecule has 0 aliphatic carbocycles. The number of rotatable bonds is 2. The number of likely N-dealkylation sites (tertiary alicyclic amines) is 1. The van der Waals surface area contributed by atoms with Crippen molar-refractivity contribution in [3.05, 3.63) is 51.7 Å². The van der Waals surface area contributed by atoms with Crippen LogP contribution < -0.4 is 5.69 Å². The van der Waals surface area contributed by atoms with Crippen LogP contribution in [0.2, 0.25) is 0 Å². The predicted octanol–water partition coefficient (Wildman–Crippen LogP) is 2.65. The number of carbonyl (C=O) groups is 1. The number of aryl methyl sites for hydroxylation is 1. The number of benzene rings is 1. The Labute approximate surface area is 160 Å². The van der Waals surface area contributed by atoms with Gasteiger partial charge in [0.05, 0.1) is 12.1 Å². The van der Waals surface area contributed by atoms with Gasteiger partial charge in [-0.1, -0.05) is 0 Å². The van der Waals surface area contributed by atoms with Crippen molar-refractivity contribution in [3.8, 4) is 0 Å². The molecule has 28 heavy (non-hydrogen) atoms. The molecule has 0 unspecified atom stereocenters. The number of aromatic nitrogens is 3. The molecular weight excluding hydrogens is 370 g/mol. The molecule has 3 heterocycles. The third kappa shape index (κ3) is 3.29. The van der Waals surface area contributed by atoms with Crippen molar-refractivity contribution >= 4 is 6.09 Å². The first kappa shape index (κ1) is 18.6. The normalized spacial score (nSPS) is 19.5. The molecule has 2 aromatic rings. The first-order valence-corrected chi connectivity index (χ1v) is 9.26. The van der Waals surface area contributed by atoms with Gasteiger partial charge in [0.25, 0.3) is 0 Å². The summed E-state index contributed by atoms with van der Waals surface area (Å²) in [5.41, 5.74) is -0.486. The van der Waals surface area contributed by atoms with Gasteiger partial charge in [-0.15, -0.1) is 0 Å². The number of hydrogen-bond acceptors (Lipinski definition) is 4. The number of carbonyl (C=O) groups excluding carboxylic acids is 1. The number of amides is 1. The molecule has 0 N–H and O–H groups in total. The number of nitrogens with zero attached hydrogens (tertiary/aromatic N) is 4. The van der Waals surface area contributed by atoms with Crippen LogP contribution in [-0.4, -0.2) is 44.0 Å². The molecule has 2 aliphatic rings. The quantitative estimate of drug-likeness (QED) is 0.788. The molecule has 0 saturated carbocycles. The zero-order chi connectivity index (χ0) is 20.2. The summed E-state index contributed by atoms with van der Waals surface area (Å²) in [5.74, 6) is -0.748. The Bertz CT molecular complexity index is 966. The fourth-order valence-corrected chi connectivity index (χ4v) is 3.72. The van der Waals surface area contributed by atoms with Crippen LogP contribution in [0, 0.1) is 11.6 Å². The molecule has 2 aliphatic heterocycles. The van der Waals surface area contributed by atoms with Crippen LogP contribution in [0.4, 0.5) is 13.6 Å².